The molecule has 0 aromatic carbocycles. The van der Waals surface area contributed by atoms with Gasteiger partial charge in [-0.05, 0) is 25.3 Å². The molecular formula is C6H13NO2S. The van der Waals surface area contributed by atoms with Gasteiger partial charge in [-0.1, -0.05) is 0 Å². The van der Waals surface area contributed by atoms with Crippen molar-refractivity contribution in [3.05, 3.63) is 0 Å². The van der Waals surface area contributed by atoms with Gasteiger partial charge in [0.2, 0.25) is 0 Å². The summed E-state index contributed by atoms with van der Waals surface area (Å²) in [5.41, 5.74) is 5.30. The van der Waals surface area contributed by atoms with Crippen molar-refractivity contribution in [2.45, 2.75) is 12.8 Å². The van der Waals surface area contributed by atoms with E-state index in [1.165, 1.54) is 0 Å². The molecule has 1 heterocycles. The van der Waals surface area contributed by atoms with Crippen molar-refractivity contribution in [2.75, 3.05) is 18.1 Å². The van der Waals surface area contributed by atoms with Gasteiger partial charge in [-0.2, -0.15) is 0 Å². The summed E-state index contributed by atoms with van der Waals surface area (Å²) >= 11 is 0. The largest absolute Gasteiger partial charge is 0.330 e. The molecule has 1 atom stereocenters. The molecule has 60 valence electrons. The van der Waals surface area contributed by atoms with E-state index >= 15 is 0 Å². The molecule has 0 aliphatic carbocycles. The minimum atomic E-state index is -2.67. The van der Waals surface area contributed by atoms with Gasteiger partial charge in [0.05, 0.1) is 11.5 Å². The second-order valence-electron chi connectivity index (χ2n) is 2.85. The molecule has 4 heteroatoms. The molecule has 1 aliphatic rings. The molecule has 0 radical (unpaired) electrons. The maximum Gasteiger partial charge on any atom is 0.150 e. The molecule has 2 N–H and O–H groups in total. The first-order chi connectivity index (χ1) is 4.64. The maximum atomic E-state index is 10.9. The highest BCUT2D eigenvalue weighted by molar-refractivity contribution is 7.91. The quantitative estimate of drug-likeness (QED) is 0.611. The summed E-state index contributed by atoms with van der Waals surface area (Å²) in [4.78, 5) is 0. The van der Waals surface area contributed by atoms with Crippen LogP contribution in [-0.2, 0) is 9.84 Å². The van der Waals surface area contributed by atoms with Crippen molar-refractivity contribution in [1.29, 1.82) is 0 Å². The van der Waals surface area contributed by atoms with Crippen LogP contribution < -0.4 is 5.73 Å². The Kier molecular flexibility index (Phi) is 2.31. The third kappa shape index (κ3) is 1.95. The third-order valence-electron chi connectivity index (χ3n) is 1.90. The number of hydrogen-bond donors (Lipinski definition) is 1. The van der Waals surface area contributed by atoms with Crippen LogP contribution in [0.4, 0.5) is 0 Å². The van der Waals surface area contributed by atoms with Crippen molar-refractivity contribution in [2.24, 2.45) is 11.7 Å². The van der Waals surface area contributed by atoms with E-state index in [2.05, 4.69) is 0 Å². The molecule has 0 amide bonds. The molecule has 0 aromatic heterocycles. The lowest BCUT2D eigenvalue weighted by atomic mass is 10.1. The van der Waals surface area contributed by atoms with E-state index < -0.39 is 9.84 Å². The molecule has 1 aliphatic heterocycles. The predicted molar refractivity (Wildman–Crippen MR) is 40.4 cm³/mol. The maximum absolute atomic E-state index is 10.9. The van der Waals surface area contributed by atoms with E-state index in [4.69, 9.17) is 5.73 Å². The monoisotopic (exact) mass is 163 g/mol. The molecule has 1 unspecified atom stereocenters. The Balaban J connectivity index is 2.44. The standard InChI is InChI=1S/C6H13NO2S/c7-3-1-6-2-4-10(8,9)5-6/h6H,1-5,7H2. The average Bonchev–Trinajstić information content (AvgIpc) is 2.12. The first-order valence-electron chi connectivity index (χ1n) is 3.54. The summed E-state index contributed by atoms with van der Waals surface area (Å²) in [6, 6.07) is 0. The summed E-state index contributed by atoms with van der Waals surface area (Å²) in [5.74, 6) is 1.08. The first kappa shape index (κ1) is 8.01. The van der Waals surface area contributed by atoms with Gasteiger partial charge >= 0.3 is 0 Å². The average molecular weight is 163 g/mol. The lowest BCUT2D eigenvalue weighted by Crippen LogP contribution is -2.10. The van der Waals surface area contributed by atoms with E-state index in [0.29, 0.717) is 24.0 Å². The van der Waals surface area contributed by atoms with Crippen molar-refractivity contribution in [3.63, 3.8) is 0 Å². The second kappa shape index (κ2) is 2.88. The zero-order chi connectivity index (χ0) is 7.61. The minimum absolute atomic E-state index is 0.343. The molecule has 10 heavy (non-hydrogen) atoms. The van der Waals surface area contributed by atoms with Crippen molar-refractivity contribution < 1.29 is 8.42 Å². The van der Waals surface area contributed by atoms with Crippen molar-refractivity contribution in [1.82, 2.24) is 0 Å². The van der Waals surface area contributed by atoms with Crippen LogP contribution in [0, 0.1) is 5.92 Å². The van der Waals surface area contributed by atoms with Crippen LogP contribution in [0.5, 0.6) is 0 Å². The summed E-state index contributed by atoms with van der Waals surface area (Å²) in [7, 11) is -2.67. The van der Waals surface area contributed by atoms with Crippen LogP contribution in [0.3, 0.4) is 0 Å². The second-order valence-corrected chi connectivity index (χ2v) is 5.08. The Morgan fingerprint density at radius 2 is 2.20 bits per heavy atom. The first-order valence-corrected chi connectivity index (χ1v) is 5.37. The topological polar surface area (TPSA) is 60.2 Å². The van der Waals surface area contributed by atoms with E-state index in [1.54, 1.807) is 0 Å². The molecule has 0 spiro atoms. The van der Waals surface area contributed by atoms with Gasteiger partial charge in [-0.25, -0.2) is 8.42 Å². The minimum Gasteiger partial charge on any atom is -0.330 e. The van der Waals surface area contributed by atoms with Crippen molar-refractivity contribution in [3.8, 4) is 0 Å². The van der Waals surface area contributed by atoms with Crippen LogP contribution >= 0.6 is 0 Å². The van der Waals surface area contributed by atoms with Gasteiger partial charge in [0.25, 0.3) is 0 Å². The number of nitrogens with two attached hydrogens (primary N) is 1. The molecule has 0 saturated carbocycles. The highest BCUT2D eigenvalue weighted by Gasteiger charge is 2.26. The summed E-state index contributed by atoms with van der Waals surface area (Å²) in [5, 5.41) is 0. The van der Waals surface area contributed by atoms with Gasteiger partial charge in [-0.15, -0.1) is 0 Å². The van der Waals surface area contributed by atoms with Gasteiger partial charge in [0, 0.05) is 0 Å². The fourth-order valence-electron chi connectivity index (χ4n) is 1.34. The Labute approximate surface area is 61.5 Å². The van der Waals surface area contributed by atoms with E-state index in [0.717, 1.165) is 12.8 Å². The van der Waals surface area contributed by atoms with E-state index in [9.17, 15) is 8.42 Å². The molecule has 1 rings (SSSR count). The smallest absolute Gasteiger partial charge is 0.150 e. The zero-order valence-corrected chi connectivity index (χ0v) is 6.73. The Bertz CT molecular complexity index is 198. The van der Waals surface area contributed by atoms with Crippen LogP contribution in [0.2, 0.25) is 0 Å². The normalized spacial score (nSPS) is 30.7. The summed E-state index contributed by atoms with van der Waals surface area (Å²) < 4.78 is 21.7. The number of rotatable bonds is 2. The lowest BCUT2D eigenvalue weighted by Gasteiger charge is -2.01. The van der Waals surface area contributed by atoms with E-state index in [-0.39, 0.29) is 0 Å². The molecule has 0 aromatic rings. The van der Waals surface area contributed by atoms with Gasteiger partial charge in [0.1, 0.15) is 0 Å². The van der Waals surface area contributed by atoms with Crippen LogP contribution in [-0.4, -0.2) is 26.5 Å². The van der Waals surface area contributed by atoms with Crippen LogP contribution in [0.15, 0.2) is 0 Å². The number of sulfone groups is 1. The lowest BCUT2D eigenvalue weighted by molar-refractivity contribution is 0.550. The van der Waals surface area contributed by atoms with Gasteiger partial charge < -0.3 is 5.73 Å². The Morgan fingerprint density at radius 3 is 2.60 bits per heavy atom. The molecule has 0 bridgehead atoms. The fourth-order valence-corrected chi connectivity index (χ4v) is 3.25. The SMILES string of the molecule is NCCC1CCS(=O)(=O)C1. The fraction of sp³-hybridized carbons (Fsp3) is 1.00. The molecule has 1 fully saturated rings. The highest BCUT2D eigenvalue weighted by Crippen LogP contribution is 2.20. The van der Waals surface area contributed by atoms with Crippen molar-refractivity contribution >= 4 is 9.84 Å². The Hall–Kier alpha value is -0.0900. The molecule has 1 saturated heterocycles. The Morgan fingerprint density at radius 1 is 1.50 bits per heavy atom. The highest BCUT2D eigenvalue weighted by atomic mass is 32.2. The van der Waals surface area contributed by atoms with Crippen LogP contribution in [0.1, 0.15) is 12.8 Å². The number of hydrogen-bond acceptors (Lipinski definition) is 3. The summed E-state index contributed by atoms with van der Waals surface area (Å²) in [6.07, 6.45) is 1.68. The van der Waals surface area contributed by atoms with Crippen LogP contribution in [0.25, 0.3) is 0 Å². The van der Waals surface area contributed by atoms with Gasteiger partial charge in [-0.3, -0.25) is 0 Å². The summed E-state index contributed by atoms with van der Waals surface area (Å²) in [6.45, 7) is 0.611. The van der Waals surface area contributed by atoms with Gasteiger partial charge in [0.15, 0.2) is 9.84 Å². The molecule has 3 nitrogen and oxygen atoms in total. The van der Waals surface area contributed by atoms with E-state index in [1.807, 2.05) is 0 Å². The third-order valence-corrected chi connectivity index (χ3v) is 3.74. The zero-order valence-electron chi connectivity index (χ0n) is 5.91. The molecular weight excluding hydrogens is 150 g/mol. The predicted octanol–water partition coefficient (Wildman–Crippen LogP) is -0.230.